The van der Waals surface area contributed by atoms with Crippen molar-refractivity contribution in [3.63, 3.8) is 0 Å². The van der Waals surface area contributed by atoms with E-state index in [1.165, 1.54) is 57.8 Å². The predicted molar refractivity (Wildman–Crippen MR) is 87.8 cm³/mol. The summed E-state index contributed by atoms with van der Waals surface area (Å²) >= 11 is 0. The molecule has 2 fully saturated rings. The maximum Gasteiger partial charge on any atom is 0.212 e. The SMILES string of the molecule is CCNS(=O)(=O)CCNC1CCCCC1C1CCCCC1. The van der Waals surface area contributed by atoms with Crippen molar-refractivity contribution in [3.05, 3.63) is 0 Å². The molecule has 2 aliphatic rings. The lowest BCUT2D eigenvalue weighted by atomic mass is 9.71. The number of nitrogens with one attached hydrogen (secondary N) is 2. The summed E-state index contributed by atoms with van der Waals surface area (Å²) in [6, 6.07) is 0.540. The molecule has 0 aliphatic heterocycles. The summed E-state index contributed by atoms with van der Waals surface area (Å²) < 4.78 is 26.0. The van der Waals surface area contributed by atoms with E-state index in [2.05, 4.69) is 10.0 Å². The highest BCUT2D eigenvalue weighted by Gasteiger charge is 2.32. The molecule has 5 heteroatoms. The first-order valence-corrected chi connectivity index (χ1v) is 10.5. The molecule has 2 rings (SSSR count). The van der Waals surface area contributed by atoms with Crippen LogP contribution in [0.1, 0.15) is 64.7 Å². The fourth-order valence-corrected chi connectivity index (χ4v) is 5.18. The minimum atomic E-state index is -3.09. The molecule has 0 radical (unpaired) electrons. The Labute approximate surface area is 130 Å². The van der Waals surface area contributed by atoms with Gasteiger partial charge in [0.1, 0.15) is 0 Å². The van der Waals surface area contributed by atoms with Crippen LogP contribution >= 0.6 is 0 Å². The topological polar surface area (TPSA) is 58.2 Å². The number of hydrogen-bond acceptors (Lipinski definition) is 3. The lowest BCUT2D eigenvalue weighted by molar-refractivity contribution is 0.151. The summed E-state index contributed by atoms with van der Waals surface area (Å²) in [5.41, 5.74) is 0. The van der Waals surface area contributed by atoms with Crippen LogP contribution in [0.15, 0.2) is 0 Å². The lowest BCUT2D eigenvalue weighted by Crippen LogP contribution is -2.44. The molecule has 0 spiro atoms. The van der Waals surface area contributed by atoms with Crippen LogP contribution < -0.4 is 10.0 Å². The Hall–Kier alpha value is -0.130. The smallest absolute Gasteiger partial charge is 0.212 e. The van der Waals surface area contributed by atoms with E-state index in [0.29, 0.717) is 19.1 Å². The Morgan fingerprint density at radius 2 is 1.62 bits per heavy atom. The minimum absolute atomic E-state index is 0.203. The zero-order valence-electron chi connectivity index (χ0n) is 13.4. The van der Waals surface area contributed by atoms with Gasteiger partial charge < -0.3 is 5.32 Å². The number of hydrogen-bond donors (Lipinski definition) is 2. The summed E-state index contributed by atoms with van der Waals surface area (Å²) in [6.07, 6.45) is 12.2. The molecule has 0 bridgehead atoms. The molecular weight excluding hydrogens is 284 g/mol. The molecule has 2 atom stereocenters. The van der Waals surface area contributed by atoms with Gasteiger partial charge in [-0.15, -0.1) is 0 Å². The number of rotatable bonds is 7. The zero-order chi connectivity index (χ0) is 15.1. The van der Waals surface area contributed by atoms with Crippen LogP contribution in [0, 0.1) is 11.8 Å². The Morgan fingerprint density at radius 3 is 2.33 bits per heavy atom. The molecule has 21 heavy (non-hydrogen) atoms. The van der Waals surface area contributed by atoms with Crippen molar-refractivity contribution in [3.8, 4) is 0 Å². The molecule has 0 amide bonds. The van der Waals surface area contributed by atoms with Crippen molar-refractivity contribution < 1.29 is 8.42 Å². The highest BCUT2D eigenvalue weighted by Crippen LogP contribution is 2.38. The van der Waals surface area contributed by atoms with Gasteiger partial charge in [-0.3, -0.25) is 0 Å². The first-order valence-electron chi connectivity index (χ1n) is 8.83. The zero-order valence-corrected chi connectivity index (χ0v) is 14.3. The third kappa shape index (κ3) is 5.53. The maximum absolute atomic E-state index is 11.7. The average Bonchev–Trinajstić information content (AvgIpc) is 2.48. The van der Waals surface area contributed by atoms with Crippen molar-refractivity contribution in [1.29, 1.82) is 0 Å². The molecule has 2 aliphatic carbocycles. The van der Waals surface area contributed by atoms with Gasteiger partial charge in [0.15, 0.2) is 0 Å². The van der Waals surface area contributed by atoms with Gasteiger partial charge in [-0.2, -0.15) is 0 Å². The predicted octanol–water partition coefficient (Wildman–Crippen LogP) is 2.65. The second kappa shape index (κ2) is 8.49. The van der Waals surface area contributed by atoms with Gasteiger partial charge in [0.25, 0.3) is 0 Å². The van der Waals surface area contributed by atoms with Gasteiger partial charge in [0.05, 0.1) is 5.75 Å². The molecule has 2 saturated carbocycles. The summed E-state index contributed by atoms with van der Waals surface area (Å²) in [6.45, 7) is 2.89. The molecule has 124 valence electrons. The first kappa shape index (κ1) is 17.2. The third-order valence-corrected chi connectivity index (χ3v) is 6.69. The van der Waals surface area contributed by atoms with Gasteiger partial charge >= 0.3 is 0 Å². The van der Waals surface area contributed by atoms with E-state index in [4.69, 9.17) is 0 Å². The van der Waals surface area contributed by atoms with Crippen LogP contribution in [0.4, 0.5) is 0 Å². The summed E-state index contributed by atoms with van der Waals surface area (Å²) in [7, 11) is -3.09. The van der Waals surface area contributed by atoms with Crippen LogP contribution in [0.25, 0.3) is 0 Å². The molecule has 2 unspecified atom stereocenters. The van der Waals surface area contributed by atoms with Crippen molar-refractivity contribution >= 4 is 10.0 Å². The largest absolute Gasteiger partial charge is 0.313 e. The fourth-order valence-electron chi connectivity index (χ4n) is 4.21. The van der Waals surface area contributed by atoms with Gasteiger partial charge in [-0.25, -0.2) is 13.1 Å². The van der Waals surface area contributed by atoms with Crippen LogP contribution in [0.5, 0.6) is 0 Å². The van der Waals surface area contributed by atoms with Gasteiger partial charge in [-0.1, -0.05) is 51.9 Å². The molecule has 0 aromatic rings. The number of sulfonamides is 1. The van der Waals surface area contributed by atoms with E-state index in [0.717, 1.165) is 11.8 Å². The Balaban J connectivity index is 1.81. The van der Waals surface area contributed by atoms with Crippen LogP contribution in [0.3, 0.4) is 0 Å². The van der Waals surface area contributed by atoms with E-state index in [9.17, 15) is 8.42 Å². The molecule has 0 aromatic carbocycles. The van der Waals surface area contributed by atoms with Gasteiger partial charge in [0, 0.05) is 19.1 Å². The molecule has 4 nitrogen and oxygen atoms in total. The second-order valence-electron chi connectivity index (χ2n) is 6.72. The second-order valence-corrected chi connectivity index (χ2v) is 8.65. The molecule has 0 aromatic heterocycles. The van der Waals surface area contributed by atoms with Crippen molar-refractivity contribution in [2.75, 3.05) is 18.8 Å². The quantitative estimate of drug-likeness (QED) is 0.759. The van der Waals surface area contributed by atoms with Gasteiger partial charge in [-0.05, 0) is 24.7 Å². The van der Waals surface area contributed by atoms with Gasteiger partial charge in [0.2, 0.25) is 10.0 Å². The van der Waals surface area contributed by atoms with E-state index < -0.39 is 10.0 Å². The van der Waals surface area contributed by atoms with Crippen LogP contribution in [-0.4, -0.2) is 33.3 Å². The standard InChI is InChI=1S/C16H32N2O2S/c1-2-18-21(19,20)13-12-17-16-11-7-6-10-15(16)14-8-4-3-5-9-14/h14-18H,2-13H2,1H3. The average molecular weight is 317 g/mol. The van der Waals surface area contributed by atoms with E-state index >= 15 is 0 Å². The highest BCUT2D eigenvalue weighted by molar-refractivity contribution is 7.89. The summed E-state index contributed by atoms with van der Waals surface area (Å²) in [5, 5.41) is 3.56. The Kier molecular flexibility index (Phi) is 6.96. The molecule has 2 N–H and O–H groups in total. The first-order chi connectivity index (χ1) is 10.1. The maximum atomic E-state index is 11.7. The van der Waals surface area contributed by atoms with E-state index in [1.807, 2.05) is 6.92 Å². The van der Waals surface area contributed by atoms with Crippen LogP contribution in [0.2, 0.25) is 0 Å². The molecular formula is C16H32N2O2S. The van der Waals surface area contributed by atoms with Crippen molar-refractivity contribution in [2.24, 2.45) is 11.8 Å². The fraction of sp³-hybridized carbons (Fsp3) is 1.00. The Morgan fingerprint density at radius 1 is 0.952 bits per heavy atom. The summed E-state index contributed by atoms with van der Waals surface area (Å²) in [4.78, 5) is 0. The highest BCUT2D eigenvalue weighted by atomic mass is 32.2. The minimum Gasteiger partial charge on any atom is -0.313 e. The third-order valence-electron chi connectivity index (χ3n) is 5.22. The van der Waals surface area contributed by atoms with Crippen molar-refractivity contribution in [2.45, 2.75) is 70.8 Å². The molecule has 0 heterocycles. The van der Waals surface area contributed by atoms with E-state index in [-0.39, 0.29) is 5.75 Å². The monoisotopic (exact) mass is 316 g/mol. The normalized spacial score (nSPS) is 28.6. The Bertz CT molecular complexity index is 391. The summed E-state index contributed by atoms with van der Waals surface area (Å²) in [5.74, 6) is 1.86. The molecule has 0 saturated heterocycles. The van der Waals surface area contributed by atoms with Crippen molar-refractivity contribution in [1.82, 2.24) is 10.0 Å². The lowest BCUT2D eigenvalue weighted by Gasteiger charge is -2.39. The van der Waals surface area contributed by atoms with E-state index in [1.54, 1.807) is 0 Å². The van der Waals surface area contributed by atoms with Crippen LogP contribution in [-0.2, 0) is 10.0 Å².